The van der Waals surface area contributed by atoms with Crippen LogP contribution in [-0.4, -0.2) is 100 Å². The molecule has 1 aliphatic carbocycles. The standard InChI is InChI=1S/C43H47F5N8O4/c1-42(2,60)31-19-35-27(16-36(31)50-41(59)34-4-3-5-37(49-34)43(46,47)48)24-56(52-35)23-25-6-8-28(9-7-25)54-14-12-53(13-15-54)20-26-21-55(22-26)29-17-32(44)39(33(45)18-29)30-10-11-38(57)51-40(30)58/h3-5,16-19,23-26,28,30,60H,6-15,20-22H2,1-2H3,(H-,50,51,57,58,59)/p+1/b56-23+/t25?,28?,30-/m1/s1. The van der Waals surface area contributed by atoms with Crippen molar-refractivity contribution in [1.29, 1.82) is 0 Å². The summed E-state index contributed by atoms with van der Waals surface area (Å²) in [4.78, 5) is 47.2. The summed E-state index contributed by atoms with van der Waals surface area (Å²) >= 11 is 0. The van der Waals surface area contributed by atoms with Crippen LogP contribution in [0.25, 0.3) is 6.20 Å². The Morgan fingerprint density at radius 1 is 0.983 bits per heavy atom. The lowest BCUT2D eigenvalue weighted by Gasteiger charge is -2.46. The van der Waals surface area contributed by atoms with Crippen LogP contribution in [0.2, 0.25) is 0 Å². The van der Waals surface area contributed by atoms with Crippen LogP contribution in [-0.2, 0) is 21.4 Å². The number of alkyl halides is 3. The van der Waals surface area contributed by atoms with Crippen molar-refractivity contribution in [3.63, 3.8) is 0 Å². The molecule has 60 heavy (non-hydrogen) atoms. The second kappa shape index (κ2) is 16.4. The van der Waals surface area contributed by atoms with Gasteiger partial charge < -0.3 is 20.2 Å². The highest BCUT2D eigenvalue weighted by Gasteiger charge is 2.37. The van der Waals surface area contributed by atoms with Gasteiger partial charge in [0, 0.05) is 97.7 Å². The quantitative estimate of drug-likeness (QED) is 0.167. The number of halogens is 5. The van der Waals surface area contributed by atoms with Crippen molar-refractivity contribution in [2.24, 2.45) is 16.9 Å². The molecule has 3 saturated heterocycles. The van der Waals surface area contributed by atoms with Crippen LogP contribution in [0, 0.1) is 23.5 Å². The predicted octanol–water partition coefficient (Wildman–Crippen LogP) is 4.06. The minimum atomic E-state index is -4.70. The Hall–Kier alpha value is -5.13. The van der Waals surface area contributed by atoms with E-state index in [1.54, 1.807) is 30.7 Å². The van der Waals surface area contributed by atoms with E-state index >= 15 is 8.78 Å². The van der Waals surface area contributed by atoms with E-state index in [2.05, 4.69) is 31.6 Å². The smallest absolute Gasteiger partial charge is 0.386 e. The summed E-state index contributed by atoms with van der Waals surface area (Å²) in [5.41, 5.74) is -2.17. The number of piperazine rings is 1. The van der Waals surface area contributed by atoms with Crippen LogP contribution in [0.4, 0.5) is 33.3 Å². The highest BCUT2D eigenvalue weighted by molar-refractivity contribution is 6.03. The van der Waals surface area contributed by atoms with Crippen LogP contribution in [0.15, 0.2) is 47.6 Å². The third-order valence-electron chi connectivity index (χ3n) is 12.4. The van der Waals surface area contributed by atoms with E-state index in [0.29, 0.717) is 52.8 Å². The van der Waals surface area contributed by atoms with Gasteiger partial charge in [0.05, 0.1) is 16.7 Å². The van der Waals surface area contributed by atoms with E-state index in [9.17, 15) is 32.7 Å². The third-order valence-corrected chi connectivity index (χ3v) is 12.4. The largest absolute Gasteiger partial charge is 0.433 e. The number of imide groups is 1. The van der Waals surface area contributed by atoms with Crippen molar-refractivity contribution < 1.29 is 46.1 Å². The van der Waals surface area contributed by atoms with E-state index in [-0.39, 0.29) is 24.1 Å². The summed E-state index contributed by atoms with van der Waals surface area (Å²) in [7, 11) is 0. The van der Waals surface area contributed by atoms with Gasteiger partial charge in [-0.25, -0.2) is 13.8 Å². The Morgan fingerprint density at radius 2 is 1.68 bits per heavy atom. The van der Waals surface area contributed by atoms with Crippen LogP contribution >= 0.6 is 0 Å². The second-order valence-electron chi connectivity index (χ2n) is 17.1. The molecule has 0 unspecified atom stereocenters. The van der Waals surface area contributed by atoms with Crippen LogP contribution in [0.5, 0.6) is 0 Å². The molecule has 3 aromatic rings. The minimum absolute atomic E-state index is 0.0495. The number of piperidine rings is 1. The van der Waals surface area contributed by atoms with Crippen LogP contribution in [0.3, 0.4) is 0 Å². The van der Waals surface area contributed by atoms with Gasteiger partial charge in [-0.05, 0) is 82.3 Å². The number of pyridine rings is 1. The average Bonchev–Trinajstić information content (AvgIpc) is 3.57. The van der Waals surface area contributed by atoms with E-state index < -0.39 is 58.4 Å². The number of benzene rings is 2. The Labute approximate surface area is 343 Å². The first-order valence-electron chi connectivity index (χ1n) is 20.5. The fourth-order valence-corrected chi connectivity index (χ4v) is 9.14. The SMILES string of the molecule is CC(C)(O)c1cc2c(cc1NC(=O)c1cccc(C(F)(F)F)n1)=C/[N+](=C\C1CCC(N3CCN(CC4CN(c5cc(F)c([C@H]6CCC(=O)NC6=O)c(F)c5)C4)CC3)CC1)N=2. The highest BCUT2D eigenvalue weighted by Crippen LogP contribution is 2.35. The van der Waals surface area contributed by atoms with Crippen molar-refractivity contribution in [3.05, 3.63) is 87.2 Å². The lowest BCUT2D eigenvalue weighted by molar-refractivity contribution is -0.424. The number of carbonyl (C=O) groups is 3. The summed E-state index contributed by atoms with van der Waals surface area (Å²) in [6.45, 7) is 9.29. The zero-order valence-corrected chi connectivity index (χ0v) is 33.4. The molecule has 4 fully saturated rings. The van der Waals surface area contributed by atoms with Gasteiger partial charge in [-0.3, -0.25) is 24.6 Å². The number of amides is 3. The topological polar surface area (TPSA) is 133 Å². The minimum Gasteiger partial charge on any atom is -0.386 e. The molecule has 0 radical (unpaired) electrons. The number of hydrogen-bond acceptors (Lipinski definition) is 9. The molecule has 8 rings (SSSR count). The first-order valence-corrected chi connectivity index (χ1v) is 20.5. The normalized spacial score (nSPS) is 23.8. The molecule has 5 heterocycles. The number of aromatic nitrogens is 1. The molecule has 1 saturated carbocycles. The van der Waals surface area contributed by atoms with Gasteiger partial charge >= 0.3 is 6.18 Å². The van der Waals surface area contributed by atoms with Gasteiger partial charge in [0.2, 0.25) is 18.0 Å². The van der Waals surface area contributed by atoms with Crippen molar-refractivity contribution in [1.82, 2.24) is 20.1 Å². The molecule has 4 aliphatic heterocycles. The van der Waals surface area contributed by atoms with Crippen LogP contribution < -0.4 is 26.1 Å². The van der Waals surface area contributed by atoms with Crippen molar-refractivity contribution >= 4 is 41.5 Å². The van der Waals surface area contributed by atoms with Crippen molar-refractivity contribution in [2.45, 2.75) is 76.1 Å². The third kappa shape index (κ3) is 8.98. The predicted molar refractivity (Wildman–Crippen MR) is 211 cm³/mol. The molecule has 1 aromatic heterocycles. The number of nitrogens with zero attached hydrogens (tertiary/aromatic N) is 6. The molecule has 1 atom stereocenters. The second-order valence-corrected chi connectivity index (χ2v) is 17.1. The molecular weight excluding hydrogens is 788 g/mol. The Kier molecular flexibility index (Phi) is 11.4. The molecule has 12 nitrogen and oxygen atoms in total. The monoisotopic (exact) mass is 835 g/mol. The van der Waals surface area contributed by atoms with Gasteiger partial charge in [-0.2, -0.15) is 13.2 Å². The lowest BCUT2D eigenvalue weighted by Crippen LogP contribution is -2.56. The average molecular weight is 836 g/mol. The molecular formula is C43H48F5N8O4+. The summed E-state index contributed by atoms with van der Waals surface area (Å²) in [5.74, 6) is -3.78. The number of rotatable bonds is 9. The first-order chi connectivity index (χ1) is 28.5. The van der Waals surface area contributed by atoms with E-state index in [0.717, 1.165) is 70.5 Å². The Bertz CT molecular complexity index is 2320. The maximum Gasteiger partial charge on any atom is 0.433 e. The Balaban J connectivity index is 0.811. The number of anilines is 2. The molecule has 3 amide bonds. The zero-order chi connectivity index (χ0) is 42.5. The van der Waals surface area contributed by atoms with Crippen LogP contribution in [0.1, 0.15) is 85.6 Å². The van der Waals surface area contributed by atoms with E-state index in [1.165, 1.54) is 18.2 Å². The molecule has 0 spiro atoms. The van der Waals surface area contributed by atoms with Gasteiger partial charge in [0.15, 0.2) is 6.21 Å². The van der Waals surface area contributed by atoms with Crippen molar-refractivity contribution in [2.75, 3.05) is 56.0 Å². The maximum absolute atomic E-state index is 15.1. The first kappa shape index (κ1) is 41.6. The van der Waals surface area contributed by atoms with E-state index in [1.807, 2.05) is 11.1 Å². The van der Waals surface area contributed by atoms with Crippen molar-refractivity contribution in [3.8, 4) is 0 Å². The maximum atomic E-state index is 15.1. The number of fused-ring (bicyclic) bond motifs is 1. The summed E-state index contributed by atoms with van der Waals surface area (Å²) in [6, 6.07) is 9.55. The summed E-state index contributed by atoms with van der Waals surface area (Å²) in [5, 5.41) is 21.8. The summed E-state index contributed by atoms with van der Waals surface area (Å²) in [6.07, 6.45) is 3.47. The molecule has 5 aliphatic rings. The number of aliphatic hydroxyl groups is 1. The molecule has 318 valence electrons. The van der Waals surface area contributed by atoms with Gasteiger partial charge in [0.1, 0.15) is 28.4 Å². The lowest BCUT2D eigenvalue weighted by atomic mass is 9.85. The fraction of sp³-hybridized carbons (Fsp3) is 0.488. The Morgan fingerprint density at radius 3 is 2.33 bits per heavy atom. The fourth-order valence-electron chi connectivity index (χ4n) is 9.14. The highest BCUT2D eigenvalue weighted by atomic mass is 19.4. The summed E-state index contributed by atoms with van der Waals surface area (Å²) < 4.78 is 71.6. The molecule has 17 heteroatoms. The van der Waals surface area contributed by atoms with Gasteiger partial charge in [0.25, 0.3) is 5.91 Å². The zero-order valence-electron chi connectivity index (χ0n) is 33.4. The van der Waals surface area contributed by atoms with Gasteiger partial charge in [-0.1, -0.05) is 10.8 Å². The van der Waals surface area contributed by atoms with E-state index in [4.69, 9.17) is 5.10 Å². The van der Waals surface area contributed by atoms with Gasteiger partial charge in [-0.15, -0.1) is 0 Å². The molecule has 2 aromatic carbocycles. The number of nitrogens with one attached hydrogen (secondary N) is 2. The molecule has 0 bridgehead atoms. The number of hydrogen-bond donors (Lipinski definition) is 3. The number of carbonyl (C=O) groups excluding carboxylic acids is 3. The molecule has 3 N–H and O–H groups in total.